The highest BCUT2D eigenvalue weighted by Crippen LogP contribution is 2.27. The maximum Gasteiger partial charge on any atom is 0.236 e. The highest BCUT2D eigenvalue weighted by Gasteiger charge is 2.14. The van der Waals surface area contributed by atoms with Gasteiger partial charge in [-0.2, -0.15) is 0 Å². The zero-order chi connectivity index (χ0) is 20.4. The number of carbonyl (C=O) groups excluding carboxylic acids is 1. The van der Waals surface area contributed by atoms with Crippen molar-refractivity contribution < 1.29 is 9.53 Å². The molecule has 0 bridgehead atoms. The molecule has 2 heterocycles. The van der Waals surface area contributed by atoms with Gasteiger partial charge in [0, 0.05) is 5.69 Å². The zero-order valence-corrected chi connectivity index (χ0v) is 17.8. The summed E-state index contributed by atoms with van der Waals surface area (Å²) in [7, 11) is 1.63. The van der Waals surface area contributed by atoms with Crippen molar-refractivity contribution in [1.82, 2.24) is 19.7 Å². The Morgan fingerprint density at radius 1 is 1.17 bits per heavy atom. The van der Waals surface area contributed by atoms with E-state index >= 15 is 0 Å². The molecular weight excluding hydrogens is 406 g/mol. The van der Waals surface area contributed by atoms with Gasteiger partial charge in [0.1, 0.15) is 11.6 Å². The van der Waals surface area contributed by atoms with Gasteiger partial charge in [0.25, 0.3) is 0 Å². The van der Waals surface area contributed by atoms with Crippen molar-refractivity contribution in [3.05, 3.63) is 53.9 Å². The Hall–Kier alpha value is -2.91. The number of thioether (sulfide) groups is 1. The SMILES string of the molecule is COc1ccc(-n2c(C)nnc2SCC(=O)Nc2nc3ccc(C)cc3s2)cc1. The number of hydrogen-bond acceptors (Lipinski definition) is 7. The standard InChI is InChI=1S/C20H19N5O2S2/c1-12-4-9-16-17(10-12)29-19(21-16)22-18(26)11-28-20-24-23-13(2)25(20)14-5-7-15(27-3)8-6-14/h4-10H,11H2,1-3H3,(H,21,22,26). The summed E-state index contributed by atoms with van der Waals surface area (Å²) < 4.78 is 8.18. The fourth-order valence-electron chi connectivity index (χ4n) is 2.84. The first-order valence-corrected chi connectivity index (χ1v) is 10.7. The summed E-state index contributed by atoms with van der Waals surface area (Å²) in [4.78, 5) is 16.9. The lowest BCUT2D eigenvalue weighted by Crippen LogP contribution is -2.14. The first-order valence-electron chi connectivity index (χ1n) is 8.90. The Kier molecular flexibility index (Phi) is 5.50. The van der Waals surface area contributed by atoms with E-state index < -0.39 is 0 Å². The molecular formula is C20H19N5O2S2. The van der Waals surface area contributed by atoms with Crippen molar-refractivity contribution in [2.75, 3.05) is 18.2 Å². The number of fused-ring (bicyclic) bond motifs is 1. The maximum atomic E-state index is 12.4. The van der Waals surface area contributed by atoms with Crippen LogP contribution in [0.25, 0.3) is 15.9 Å². The Balaban J connectivity index is 1.45. The van der Waals surface area contributed by atoms with Gasteiger partial charge < -0.3 is 10.1 Å². The van der Waals surface area contributed by atoms with Crippen molar-refractivity contribution in [3.8, 4) is 11.4 Å². The molecule has 1 N–H and O–H groups in total. The van der Waals surface area contributed by atoms with E-state index in [1.165, 1.54) is 28.7 Å². The molecule has 0 aliphatic heterocycles. The van der Waals surface area contributed by atoms with E-state index in [0.717, 1.165) is 27.5 Å². The number of aryl methyl sites for hydroxylation is 2. The third-order valence-corrected chi connectivity index (χ3v) is 6.11. The van der Waals surface area contributed by atoms with E-state index in [1.54, 1.807) is 7.11 Å². The average Bonchev–Trinajstić information content (AvgIpc) is 3.28. The second-order valence-electron chi connectivity index (χ2n) is 6.39. The minimum absolute atomic E-state index is 0.132. The van der Waals surface area contributed by atoms with Gasteiger partial charge >= 0.3 is 0 Å². The topological polar surface area (TPSA) is 81.9 Å². The first kappa shape index (κ1) is 19.4. The predicted molar refractivity (Wildman–Crippen MR) is 116 cm³/mol. The number of carbonyl (C=O) groups is 1. The van der Waals surface area contributed by atoms with Gasteiger partial charge in [0.05, 0.1) is 23.1 Å². The summed E-state index contributed by atoms with van der Waals surface area (Å²) >= 11 is 2.80. The molecule has 4 rings (SSSR count). The van der Waals surface area contributed by atoms with Gasteiger partial charge in [-0.15, -0.1) is 10.2 Å². The molecule has 29 heavy (non-hydrogen) atoms. The molecule has 1 amide bonds. The van der Waals surface area contributed by atoms with Crippen LogP contribution in [0.5, 0.6) is 5.75 Å². The van der Waals surface area contributed by atoms with Crippen LogP contribution < -0.4 is 10.1 Å². The van der Waals surface area contributed by atoms with Crippen LogP contribution >= 0.6 is 23.1 Å². The van der Waals surface area contributed by atoms with Crippen LogP contribution in [0, 0.1) is 13.8 Å². The van der Waals surface area contributed by atoms with Crippen LogP contribution in [0.2, 0.25) is 0 Å². The summed E-state index contributed by atoms with van der Waals surface area (Å²) in [5.74, 6) is 1.61. The summed E-state index contributed by atoms with van der Waals surface area (Å²) in [6.45, 7) is 3.92. The number of amides is 1. The third-order valence-electron chi connectivity index (χ3n) is 4.25. The Bertz CT molecular complexity index is 1170. The predicted octanol–water partition coefficient (Wildman–Crippen LogP) is 4.23. The molecule has 2 aromatic carbocycles. The van der Waals surface area contributed by atoms with Crippen molar-refractivity contribution in [1.29, 1.82) is 0 Å². The van der Waals surface area contributed by atoms with Crippen LogP contribution in [-0.4, -0.2) is 38.5 Å². The van der Waals surface area contributed by atoms with Crippen molar-refractivity contribution in [3.63, 3.8) is 0 Å². The van der Waals surface area contributed by atoms with Crippen LogP contribution in [0.3, 0.4) is 0 Å². The quantitative estimate of drug-likeness (QED) is 0.466. The number of ether oxygens (including phenoxy) is 1. The van der Waals surface area contributed by atoms with Gasteiger partial charge in [-0.05, 0) is 55.8 Å². The van der Waals surface area contributed by atoms with Gasteiger partial charge in [0.2, 0.25) is 5.91 Å². The largest absolute Gasteiger partial charge is 0.497 e. The molecule has 0 fully saturated rings. The Morgan fingerprint density at radius 3 is 2.72 bits per heavy atom. The molecule has 0 saturated heterocycles. The van der Waals surface area contributed by atoms with E-state index in [2.05, 4.69) is 26.6 Å². The second-order valence-corrected chi connectivity index (χ2v) is 8.36. The minimum atomic E-state index is -0.132. The number of nitrogens with one attached hydrogen (secondary N) is 1. The summed E-state index contributed by atoms with van der Waals surface area (Å²) in [6, 6.07) is 13.7. The molecule has 0 radical (unpaired) electrons. The van der Waals surface area contributed by atoms with E-state index in [1.807, 2.05) is 54.8 Å². The van der Waals surface area contributed by atoms with Crippen LogP contribution in [0.1, 0.15) is 11.4 Å². The summed E-state index contributed by atoms with van der Waals surface area (Å²) in [6.07, 6.45) is 0. The molecule has 0 saturated carbocycles. The normalized spacial score (nSPS) is 11.0. The summed E-state index contributed by atoms with van der Waals surface area (Å²) in [5, 5.41) is 12.5. The number of hydrogen-bond donors (Lipinski definition) is 1. The molecule has 0 aliphatic rings. The number of thiazole rings is 1. The van der Waals surface area contributed by atoms with Gasteiger partial charge in [-0.1, -0.05) is 29.2 Å². The molecule has 4 aromatic rings. The fraction of sp³-hybridized carbons (Fsp3) is 0.200. The lowest BCUT2D eigenvalue weighted by molar-refractivity contribution is -0.113. The van der Waals surface area contributed by atoms with Crippen molar-refractivity contribution in [2.24, 2.45) is 0 Å². The molecule has 7 nitrogen and oxygen atoms in total. The number of benzene rings is 2. The Morgan fingerprint density at radius 2 is 1.97 bits per heavy atom. The molecule has 0 aliphatic carbocycles. The molecule has 0 atom stereocenters. The average molecular weight is 426 g/mol. The lowest BCUT2D eigenvalue weighted by Gasteiger charge is -2.09. The number of rotatable bonds is 6. The molecule has 0 unspecified atom stereocenters. The highest BCUT2D eigenvalue weighted by atomic mass is 32.2. The molecule has 9 heteroatoms. The Labute approximate surface area is 176 Å². The number of nitrogens with zero attached hydrogens (tertiary/aromatic N) is 4. The van der Waals surface area contributed by atoms with E-state index in [9.17, 15) is 4.79 Å². The monoisotopic (exact) mass is 425 g/mol. The smallest absolute Gasteiger partial charge is 0.236 e. The minimum Gasteiger partial charge on any atom is -0.497 e. The lowest BCUT2D eigenvalue weighted by atomic mass is 10.2. The molecule has 2 aromatic heterocycles. The number of methoxy groups -OCH3 is 1. The van der Waals surface area contributed by atoms with Gasteiger partial charge in [0.15, 0.2) is 10.3 Å². The highest BCUT2D eigenvalue weighted by molar-refractivity contribution is 7.99. The van der Waals surface area contributed by atoms with Crippen molar-refractivity contribution >= 4 is 44.4 Å². The summed E-state index contributed by atoms with van der Waals surface area (Å²) in [5.41, 5.74) is 2.97. The fourth-order valence-corrected chi connectivity index (χ4v) is 4.61. The van der Waals surface area contributed by atoms with E-state index in [4.69, 9.17) is 4.74 Å². The molecule has 148 valence electrons. The zero-order valence-electron chi connectivity index (χ0n) is 16.2. The third kappa shape index (κ3) is 4.25. The van der Waals surface area contributed by atoms with Crippen LogP contribution in [0.4, 0.5) is 5.13 Å². The second kappa shape index (κ2) is 8.22. The van der Waals surface area contributed by atoms with E-state index in [-0.39, 0.29) is 11.7 Å². The van der Waals surface area contributed by atoms with E-state index in [0.29, 0.717) is 10.3 Å². The van der Waals surface area contributed by atoms with Crippen LogP contribution in [0.15, 0.2) is 47.6 Å². The first-order chi connectivity index (χ1) is 14.0. The number of aromatic nitrogens is 4. The van der Waals surface area contributed by atoms with Gasteiger partial charge in [-0.25, -0.2) is 4.98 Å². The van der Waals surface area contributed by atoms with Crippen molar-refractivity contribution in [2.45, 2.75) is 19.0 Å². The van der Waals surface area contributed by atoms with Gasteiger partial charge in [-0.3, -0.25) is 9.36 Å². The number of anilines is 1. The molecule has 0 spiro atoms. The van der Waals surface area contributed by atoms with Crippen LogP contribution in [-0.2, 0) is 4.79 Å². The maximum absolute atomic E-state index is 12.4.